The first-order valence-electron chi connectivity index (χ1n) is 15.2. The first-order chi connectivity index (χ1) is 22.0. The second-order valence-corrected chi connectivity index (χ2v) is 11.3. The summed E-state index contributed by atoms with van der Waals surface area (Å²) in [4.78, 5) is 55.8. The fourth-order valence-electron chi connectivity index (χ4n) is 6.01. The van der Waals surface area contributed by atoms with Gasteiger partial charge in [0.1, 0.15) is 28.9 Å². The standard InChI is InChI=1S/C35H41N3O8/c1-6-38(7-2)29(40)21-46-23-18-16-22(17-19-23)30-31(33(41)36-24-12-8-10-14-27(24)44-4)26(39)20-35(3,43)32(30)34(42)37-25-13-9-11-15-28(25)45-5/h8-19,30-32,43H,6-7,20-21H2,1-5H3,(H,36,41)(H,37,42). The number of hydrogen-bond donors (Lipinski definition) is 3. The van der Waals surface area contributed by atoms with Crippen molar-refractivity contribution in [2.45, 2.75) is 38.7 Å². The van der Waals surface area contributed by atoms with Crippen molar-refractivity contribution in [3.05, 3.63) is 78.4 Å². The number of para-hydroxylation sites is 4. The lowest BCUT2D eigenvalue weighted by Gasteiger charge is -2.44. The van der Waals surface area contributed by atoms with Crippen LogP contribution in [0.25, 0.3) is 0 Å². The average molecular weight is 632 g/mol. The van der Waals surface area contributed by atoms with E-state index in [1.54, 1.807) is 77.7 Å². The molecule has 1 fully saturated rings. The Kier molecular flexibility index (Phi) is 11.0. The van der Waals surface area contributed by atoms with Crippen molar-refractivity contribution in [2.24, 2.45) is 11.8 Å². The fourth-order valence-corrected chi connectivity index (χ4v) is 6.01. The molecule has 4 unspecified atom stereocenters. The third-order valence-corrected chi connectivity index (χ3v) is 8.31. The third-order valence-electron chi connectivity index (χ3n) is 8.31. The number of anilines is 2. The van der Waals surface area contributed by atoms with Crippen molar-refractivity contribution in [2.75, 3.05) is 44.5 Å². The molecule has 3 aromatic carbocycles. The van der Waals surface area contributed by atoms with Crippen LogP contribution in [0.4, 0.5) is 11.4 Å². The number of rotatable bonds is 12. The van der Waals surface area contributed by atoms with Crippen LogP contribution in [-0.4, -0.2) is 73.0 Å². The molecule has 3 amide bonds. The number of carbonyl (C=O) groups excluding carboxylic acids is 4. The first kappa shape index (κ1) is 34.0. The van der Waals surface area contributed by atoms with E-state index in [1.165, 1.54) is 21.1 Å². The molecule has 11 nitrogen and oxygen atoms in total. The number of carbonyl (C=O) groups is 4. The Morgan fingerprint density at radius 1 is 0.848 bits per heavy atom. The van der Waals surface area contributed by atoms with E-state index in [4.69, 9.17) is 14.2 Å². The fraction of sp³-hybridized carbons (Fsp3) is 0.371. The molecule has 11 heteroatoms. The molecule has 46 heavy (non-hydrogen) atoms. The van der Waals surface area contributed by atoms with E-state index < -0.39 is 47.4 Å². The first-order valence-corrected chi connectivity index (χ1v) is 15.2. The Balaban J connectivity index is 1.73. The maximum absolute atomic E-state index is 14.1. The zero-order chi connectivity index (χ0) is 33.4. The maximum Gasteiger partial charge on any atom is 0.260 e. The van der Waals surface area contributed by atoms with Gasteiger partial charge in [0.2, 0.25) is 11.8 Å². The van der Waals surface area contributed by atoms with Crippen LogP contribution in [0.1, 0.15) is 38.7 Å². The van der Waals surface area contributed by atoms with Crippen molar-refractivity contribution < 1.29 is 38.5 Å². The van der Waals surface area contributed by atoms with Crippen molar-refractivity contribution in [3.63, 3.8) is 0 Å². The van der Waals surface area contributed by atoms with Crippen molar-refractivity contribution >= 4 is 34.9 Å². The number of aliphatic hydroxyl groups is 1. The van der Waals surface area contributed by atoms with Gasteiger partial charge in [-0.1, -0.05) is 36.4 Å². The van der Waals surface area contributed by atoms with Crippen molar-refractivity contribution in [3.8, 4) is 17.2 Å². The largest absolute Gasteiger partial charge is 0.495 e. The van der Waals surface area contributed by atoms with Gasteiger partial charge >= 0.3 is 0 Å². The zero-order valence-corrected chi connectivity index (χ0v) is 26.7. The summed E-state index contributed by atoms with van der Waals surface area (Å²) < 4.78 is 16.5. The number of ether oxygens (including phenoxy) is 3. The van der Waals surface area contributed by atoms with Crippen LogP contribution in [0.2, 0.25) is 0 Å². The summed E-state index contributed by atoms with van der Waals surface area (Å²) in [5.74, 6) is -4.37. The Labute approximate surface area is 268 Å². The summed E-state index contributed by atoms with van der Waals surface area (Å²) >= 11 is 0. The van der Waals surface area contributed by atoms with Gasteiger partial charge < -0.3 is 34.9 Å². The van der Waals surface area contributed by atoms with E-state index in [9.17, 15) is 24.3 Å². The van der Waals surface area contributed by atoms with Crippen molar-refractivity contribution in [1.29, 1.82) is 0 Å². The second kappa shape index (κ2) is 14.9. The van der Waals surface area contributed by atoms with Crippen LogP contribution < -0.4 is 24.8 Å². The normalized spacial score (nSPS) is 20.7. The molecule has 1 aliphatic carbocycles. The lowest BCUT2D eigenvalue weighted by molar-refractivity contribution is -0.151. The SMILES string of the molecule is CCN(CC)C(=O)COc1ccc(C2C(C(=O)Nc3ccccc3OC)C(=O)CC(C)(O)C2C(=O)Nc2ccccc2OC)cc1. The van der Waals surface area contributed by atoms with Gasteiger partial charge in [-0.05, 0) is 62.7 Å². The number of methoxy groups -OCH3 is 2. The topological polar surface area (TPSA) is 144 Å². The summed E-state index contributed by atoms with van der Waals surface area (Å²) in [6, 6.07) is 20.1. The van der Waals surface area contributed by atoms with Gasteiger partial charge in [-0.25, -0.2) is 0 Å². The number of Topliss-reactive ketones (excluding diaryl/α,β-unsaturated/α-hetero) is 1. The molecule has 1 aliphatic rings. The molecule has 0 saturated heterocycles. The number of nitrogens with one attached hydrogen (secondary N) is 2. The van der Waals surface area contributed by atoms with E-state index in [0.29, 0.717) is 47.3 Å². The summed E-state index contributed by atoms with van der Waals surface area (Å²) in [6.45, 7) is 6.16. The van der Waals surface area contributed by atoms with Gasteiger partial charge in [0.25, 0.3) is 5.91 Å². The predicted molar refractivity (Wildman–Crippen MR) is 173 cm³/mol. The summed E-state index contributed by atoms with van der Waals surface area (Å²) in [7, 11) is 2.94. The van der Waals surface area contributed by atoms with Crippen LogP contribution in [0.3, 0.4) is 0 Å². The van der Waals surface area contributed by atoms with E-state index in [-0.39, 0.29) is 12.5 Å². The van der Waals surface area contributed by atoms with Crippen LogP contribution >= 0.6 is 0 Å². The molecule has 0 radical (unpaired) electrons. The smallest absolute Gasteiger partial charge is 0.260 e. The molecule has 3 N–H and O–H groups in total. The number of ketones is 1. The van der Waals surface area contributed by atoms with Gasteiger partial charge in [-0.15, -0.1) is 0 Å². The Bertz CT molecular complexity index is 1550. The number of nitrogens with zero attached hydrogens (tertiary/aromatic N) is 1. The minimum absolute atomic E-state index is 0.161. The molecule has 4 atom stereocenters. The van der Waals surface area contributed by atoms with Gasteiger partial charge in [0.15, 0.2) is 6.61 Å². The van der Waals surface area contributed by atoms with Gasteiger partial charge in [0.05, 0.1) is 37.1 Å². The number of likely N-dealkylation sites (N-methyl/N-ethyl adjacent to an activating group) is 1. The van der Waals surface area contributed by atoms with Crippen molar-refractivity contribution in [1.82, 2.24) is 4.90 Å². The molecular weight excluding hydrogens is 590 g/mol. The number of hydrogen-bond acceptors (Lipinski definition) is 8. The molecule has 0 aromatic heterocycles. The van der Waals surface area contributed by atoms with E-state index >= 15 is 0 Å². The van der Waals surface area contributed by atoms with E-state index in [2.05, 4.69) is 10.6 Å². The van der Waals surface area contributed by atoms with Crippen LogP contribution in [-0.2, 0) is 19.2 Å². The maximum atomic E-state index is 14.1. The van der Waals surface area contributed by atoms with Gasteiger partial charge in [0, 0.05) is 25.4 Å². The minimum Gasteiger partial charge on any atom is -0.495 e. The van der Waals surface area contributed by atoms with Crippen LogP contribution in [0, 0.1) is 11.8 Å². The van der Waals surface area contributed by atoms with E-state index in [1.807, 2.05) is 13.8 Å². The molecule has 0 heterocycles. The third kappa shape index (κ3) is 7.48. The van der Waals surface area contributed by atoms with Gasteiger partial charge in [-0.3, -0.25) is 19.2 Å². The molecule has 0 spiro atoms. The highest BCUT2D eigenvalue weighted by atomic mass is 16.5. The molecule has 3 aromatic rings. The molecule has 1 saturated carbocycles. The second-order valence-electron chi connectivity index (χ2n) is 11.3. The zero-order valence-electron chi connectivity index (χ0n) is 26.7. The highest BCUT2D eigenvalue weighted by molar-refractivity contribution is 6.11. The summed E-state index contributed by atoms with van der Waals surface area (Å²) in [5.41, 5.74) is -0.620. The number of benzene rings is 3. The van der Waals surface area contributed by atoms with Crippen LogP contribution in [0.15, 0.2) is 72.8 Å². The highest BCUT2D eigenvalue weighted by Gasteiger charge is 2.56. The van der Waals surface area contributed by atoms with E-state index in [0.717, 1.165) is 0 Å². The highest BCUT2D eigenvalue weighted by Crippen LogP contribution is 2.47. The average Bonchev–Trinajstić information content (AvgIpc) is 3.04. The minimum atomic E-state index is -1.81. The molecule has 244 valence electrons. The Hall–Kier alpha value is -4.90. The summed E-state index contributed by atoms with van der Waals surface area (Å²) in [6.07, 6.45) is -0.424. The van der Waals surface area contributed by atoms with Crippen LogP contribution in [0.5, 0.6) is 17.2 Å². The summed E-state index contributed by atoms with van der Waals surface area (Å²) in [5, 5.41) is 17.3. The molecule has 0 aliphatic heterocycles. The molecule has 0 bridgehead atoms. The molecule has 4 rings (SSSR count). The quantitative estimate of drug-likeness (QED) is 0.252. The molecular formula is C35H41N3O8. The predicted octanol–water partition coefficient (Wildman–Crippen LogP) is 4.27. The monoisotopic (exact) mass is 631 g/mol. The lowest BCUT2D eigenvalue weighted by Crippen LogP contribution is -2.56. The Morgan fingerprint density at radius 3 is 1.89 bits per heavy atom. The Morgan fingerprint density at radius 2 is 1.37 bits per heavy atom. The lowest BCUT2D eigenvalue weighted by atomic mass is 9.61. The number of amides is 3. The van der Waals surface area contributed by atoms with Gasteiger partial charge in [-0.2, -0.15) is 0 Å².